The fraction of sp³-hybridized carbons (Fsp3) is 0.857. The van der Waals surface area contributed by atoms with E-state index in [2.05, 4.69) is 44.5 Å². The van der Waals surface area contributed by atoms with Gasteiger partial charge in [-0.1, -0.05) is 40.2 Å². The fourth-order valence-electron chi connectivity index (χ4n) is 2.65. The van der Waals surface area contributed by atoms with E-state index in [1.54, 1.807) is 0 Å². The predicted octanol–water partition coefficient (Wildman–Crippen LogP) is 2.66. The molecule has 0 aromatic heterocycles. The van der Waals surface area contributed by atoms with E-state index in [0.717, 1.165) is 13.1 Å². The van der Waals surface area contributed by atoms with Crippen molar-refractivity contribution in [1.29, 1.82) is 0 Å². The molecule has 2 nitrogen and oxygen atoms in total. The lowest BCUT2D eigenvalue weighted by Gasteiger charge is -2.46. The van der Waals surface area contributed by atoms with Crippen LogP contribution in [0.25, 0.3) is 0 Å². The van der Waals surface area contributed by atoms with Crippen LogP contribution in [0.3, 0.4) is 0 Å². The lowest BCUT2D eigenvalue weighted by atomic mass is 9.83. The molecule has 0 aliphatic carbocycles. The number of nitrogens with zero attached hydrogens (tertiary/aromatic N) is 1. The van der Waals surface area contributed by atoms with Crippen LogP contribution in [-0.2, 0) is 0 Å². The van der Waals surface area contributed by atoms with Gasteiger partial charge in [0.05, 0.1) is 0 Å². The van der Waals surface area contributed by atoms with Crippen LogP contribution in [0.1, 0.15) is 40.5 Å². The summed E-state index contributed by atoms with van der Waals surface area (Å²) >= 11 is 0. The van der Waals surface area contributed by atoms with Gasteiger partial charge in [-0.3, -0.25) is 4.90 Å². The third-order valence-corrected chi connectivity index (χ3v) is 3.50. The molecular formula is C14H28N2. The molecule has 2 heteroatoms. The maximum Gasteiger partial charge on any atom is 0.0273 e. The van der Waals surface area contributed by atoms with E-state index in [1.165, 1.54) is 19.4 Å². The molecule has 1 aliphatic heterocycles. The summed E-state index contributed by atoms with van der Waals surface area (Å²) in [5.41, 5.74) is 0.340. The first-order valence-corrected chi connectivity index (χ1v) is 6.57. The Morgan fingerprint density at radius 1 is 1.44 bits per heavy atom. The highest BCUT2D eigenvalue weighted by Crippen LogP contribution is 2.26. The van der Waals surface area contributed by atoms with E-state index < -0.39 is 0 Å². The van der Waals surface area contributed by atoms with Crippen LogP contribution in [-0.4, -0.2) is 36.6 Å². The Labute approximate surface area is 101 Å². The molecule has 1 heterocycles. The Kier molecular flexibility index (Phi) is 5.00. The minimum Gasteiger partial charge on any atom is -0.311 e. The number of rotatable bonds is 4. The maximum atomic E-state index is 3.88. The van der Waals surface area contributed by atoms with Gasteiger partial charge in [0, 0.05) is 31.7 Å². The van der Waals surface area contributed by atoms with Gasteiger partial charge >= 0.3 is 0 Å². The summed E-state index contributed by atoms with van der Waals surface area (Å²) < 4.78 is 0. The van der Waals surface area contributed by atoms with Crippen LogP contribution in [0, 0.1) is 5.41 Å². The minimum atomic E-state index is 0.340. The zero-order valence-corrected chi connectivity index (χ0v) is 11.4. The van der Waals surface area contributed by atoms with Crippen LogP contribution in [0.15, 0.2) is 12.7 Å². The molecule has 1 N–H and O–H groups in total. The molecule has 1 fully saturated rings. The maximum absolute atomic E-state index is 3.88. The normalized spacial score (nSPS) is 28.0. The summed E-state index contributed by atoms with van der Waals surface area (Å²) in [6.07, 6.45) is 4.58. The first kappa shape index (κ1) is 13.7. The zero-order chi connectivity index (χ0) is 12.2. The van der Waals surface area contributed by atoms with Crippen LogP contribution in [0.4, 0.5) is 0 Å². The highest BCUT2D eigenvalue weighted by Gasteiger charge is 2.34. The van der Waals surface area contributed by atoms with E-state index in [0.29, 0.717) is 17.5 Å². The van der Waals surface area contributed by atoms with Crippen molar-refractivity contribution in [2.45, 2.75) is 52.6 Å². The third kappa shape index (κ3) is 3.60. The van der Waals surface area contributed by atoms with Crippen molar-refractivity contribution in [1.82, 2.24) is 10.2 Å². The Morgan fingerprint density at radius 2 is 2.12 bits per heavy atom. The average molecular weight is 224 g/mol. The Bertz CT molecular complexity index is 217. The summed E-state index contributed by atoms with van der Waals surface area (Å²) in [6.45, 7) is 16.4. The number of hydrogen-bond donors (Lipinski definition) is 1. The summed E-state index contributed by atoms with van der Waals surface area (Å²) in [6, 6.07) is 1.29. The summed E-state index contributed by atoms with van der Waals surface area (Å²) in [7, 11) is 0. The van der Waals surface area contributed by atoms with E-state index in [1.807, 2.05) is 6.08 Å². The first-order chi connectivity index (χ1) is 7.49. The number of hydrogen-bond acceptors (Lipinski definition) is 2. The van der Waals surface area contributed by atoms with Gasteiger partial charge in [0.1, 0.15) is 0 Å². The third-order valence-electron chi connectivity index (χ3n) is 3.50. The molecular weight excluding hydrogens is 196 g/mol. The molecule has 1 aliphatic rings. The Hall–Kier alpha value is -0.340. The van der Waals surface area contributed by atoms with Crippen molar-refractivity contribution in [3.8, 4) is 0 Å². The van der Waals surface area contributed by atoms with Gasteiger partial charge in [-0.05, 0) is 11.8 Å². The zero-order valence-electron chi connectivity index (χ0n) is 11.4. The molecule has 0 radical (unpaired) electrons. The molecule has 1 rings (SSSR count). The second kappa shape index (κ2) is 5.83. The molecule has 94 valence electrons. The van der Waals surface area contributed by atoms with E-state index in [4.69, 9.17) is 0 Å². The topological polar surface area (TPSA) is 15.3 Å². The van der Waals surface area contributed by atoms with Gasteiger partial charge < -0.3 is 5.32 Å². The summed E-state index contributed by atoms with van der Waals surface area (Å²) in [5.74, 6) is 0. The quantitative estimate of drug-likeness (QED) is 0.739. The molecule has 0 amide bonds. The van der Waals surface area contributed by atoms with Crippen molar-refractivity contribution in [2.24, 2.45) is 5.41 Å². The van der Waals surface area contributed by atoms with Crippen molar-refractivity contribution < 1.29 is 0 Å². The number of piperazine rings is 1. The smallest absolute Gasteiger partial charge is 0.0273 e. The van der Waals surface area contributed by atoms with Crippen LogP contribution >= 0.6 is 0 Å². The standard InChI is InChI=1S/C14H28N2/c1-6-8-12-11-16(9-7-2)13(10-15-12)14(3,4)5/h7,12-13,15H,2,6,8-11H2,1,3-5H3. The molecule has 16 heavy (non-hydrogen) atoms. The Morgan fingerprint density at radius 3 is 2.62 bits per heavy atom. The molecule has 1 saturated heterocycles. The lowest BCUT2D eigenvalue weighted by Crippen LogP contribution is -2.60. The highest BCUT2D eigenvalue weighted by atomic mass is 15.2. The van der Waals surface area contributed by atoms with Gasteiger partial charge in [0.25, 0.3) is 0 Å². The lowest BCUT2D eigenvalue weighted by molar-refractivity contribution is 0.0640. The van der Waals surface area contributed by atoms with Crippen LogP contribution < -0.4 is 5.32 Å². The van der Waals surface area contributed by atoms with Gasteiger partial charge in [0.2, 0.25) is 0 Å². The van der Waals surface area contributed by atoms with Gasteiger partial charge in [-0.25, -0.2) is 0 Å². The molecule has 0 saturated carbocycles. The molecule has 2 atom stereocenters. The second-order valence-corrected chi connectivity index (χ2v) is 6.02. The fourth-order valence-corrected chi connectivity index (χ4v) is 2.65. The van der Waals surface area contributed by atoms with Gasteiger partial charge in [-0.15, -0.1) is 6.58 Å². The molecule has 0 bridgehead atoms. The van der Waals surface area contributed by atoms with E-state index in [9.17, 15) is 0 Å². The van der Waals surface area contributed by atoms with E-state index >= 15 is 0 Å². The second-order valence-electron chi connectivity index (χ2n) is 6.02. The number of nitrogens with one attached hydrogen (secondary N) is 1. The van der Waals surface area contributed by atoms with Crippen molar-refractivity contribution >= 4 is 0 Å². The SMILES string of the molecule is C=CCN1CC(CCC)NCC1C(C)(C)C. The minimum absolute atomic E-state index is 0.340. The highest BCUT2D eigenvalue weighted by molar-refractivity contribution is 4.94. The van der Waals surface area contributed by atoms with Crippen LogP contribution in [0.5, 0.6) is 0 Å². The summed E-state index contributed by atoms with van der Waals surface area (Å²) in [5, 5.41) is 3.69. The van der Waals surface area contributed by atoms with Gasteiger partial charge in [-0.2, -0.15) is 0 Å². The molecule has 0 aromatic carbocycles. The molecule has 2 unspecified atom stereocenters. The van der Waals surface area contributed by atoms with Crippen molar-refractivity contribution in [2.75, 3.05) is 19.6 Å². The van der Waals surface area contributed by atoms with Crippen molar-refractivity contribution in [3.63, 3.8) is 0 Å². The van der Waals surface area contributed by atoms with E-state index in [-0.39, 0.29) is 0 Å². The van der Waals surface area contributed by atoms with Crippen molar-refractivity contribution in [3.05, 3.63) is 12.7 Å². The Balaban J connectivity index is 2.63. The molecule has 0 spiro atoms. The molecule has 0 aromatic rings. The summed E-state index contributed by atoms with van der Waals surface area (Å²) in [4.78, 5) is 2.59. The van der Waals surface area contributed by atoms with Gasteiger partial charge in [0.15, 0.2) is 0 Å². The average Bonchev–Trinajstić information content (AvgIpc) is 2.17. The first-order valence-electron chi connectivity index (χ1n) is 6.57. The largest absolute Gasteiger partial charge is 0.311 e. The predicted molar refractivity (Wildman–Crippen MR) is 71.7 cm³/mol. The monoisotopic (exact) mass is 224 g/mol. The van der Waals surface area contributed by atoms with Crippen LogP contribution in [0.2, 0.25) is 0 Å².